The van der Waals surface area contributed by atoms with Gasteiger partial charge < -0.3 is 20.6 Å². The van der Waals surface area contributed by atoms with Gasteiger partial charge in [-0.15, -0.1) is 0 Å². The smallest absolute Gasteiger partial charge is 0.0431 e. The Bertz CT molecular complexity index is 170. The Morgan fingerprint density at radius 3 is 1.76 bits per heavy atom. The van der Waals surface area contributed by atoms with Crippen LogP contribution in [-0.4, -0.2) is 67.3 Å². The highest BCUT2D eigenvalue weighted by Crippen LogP contribution is 2.05. The van der Waals surface area contributed by atoms with Crippen LogP contribution in [0.4, 0.5) is 0 Å². The predicted octanol–water partition coefficient (Wildman–Crippen LogP) is 0.506. The summed E-state index contributed by atoms with van der Waals surface area (Å²) in [5.74, 6) is 0. The molecule has 0 radical (unpaired) electrons. The van der Waals surface area contributed by atoms with Crippen LogP contribution in [0.3, 0.4) is 0 Å². The van der Waals surface area contributed by atoms with Crippen molar-refractivity contribution in [1.29, 1.82) is 0 Å². The summed E-state index contributed by atoms with van der Waals surface area (Å²) in [4.78, 5) is 5.09. The van der Waals surface area contributed by atoms with Crippen molar-refractivity contribution in [1.82, 2.24) is 9.80 Å². The Labute approximate surface area is 106 Å². The lowest BCUT2D eigenvalue weighted by Gasteiger charge is -2.34. The third-order valence-corrected chi connectivity index (χ3v) is 3.53. The molecule has 1 rings (SSSR count). The molecule has 1 aliphatic heterocycles. The summed E-state index contributed by atoms with van der Waals surface area (Å²) in [7, 11) is 0. The highest BCUT2D eigenvalue weighted by atomic mass is 16.2. The SMILES string of the molecule is NCCCCCN1CCN(CCCCO)CC1. The van der Waals surface area contributed by atoms with Gasteiger partial charge in [-0.3, -0.25) is 0 Å². The maximum atomic E-state index is 8.74. The van der Waals surface area contributed by atoms with Gasteiger partial charge in [-0.05, 0) is 45.3 Å². The van der Waals surface area contributed by atoms with E-state index >= 15 is 0 Å². The van der Waals surface area contributed by atoms with Crippen LogP contribution < -0.4 is 5.73 Å². The summed E-state index contributed by atoms with van der Waals surface area (Å²) in [6.45, 7) is 8.37. The summed E-state index contributed by atoms with van der Waals surface area (Å²) in [5, 5.41) is 8.74. The first-order chi connectivity index (χ1) is 8.36. The topological polar surface area (TPSA) is 52.7 Å². The van der Waals surface area contributed by atoms with E-state index in [0.717, 1.165) is 25.9 Å². The normalized spacial score (nSPS) is 18.7. The van der Waals surface area contributed by atoms with Crippen LogP contribution in [0.25, 0.3) is 0 Å². The van der Waals surface area contributed by atoms with Crippen LogP contribution in [0.2, 0.25) is 0 Å². The van der Waals surface area contributed by atoms with Gasteiger partial charge in [0.25, 0.3) is 0 Å². The minimum absolute atomic E-state index is 0.334. The van der Waals surface area contributed by atoms with Crippen LogP contribution >= 0.6 is 0 Å². The zero-order chi connectivity index (χ0) is 12.3. The standard InChI is InChI=1S/C13H29N3O/c14-6-2-1-3-7-15-9-11-16(12-10-15)8-4-5-13-17/h17H,1-14H2. The molecular formula is C13H29N3O. The zero-order valence-corrected chi connectivity index (χ0v) is 11.1. The van der Waals surface area contributed by atoms with Crippen LogP contribution in [0.1, 0.15) is 32.1 Å². The number of nitrogens with two attached hydrogens (primary N) is 1. The summed E-state index contributed by atoms with van der Waals surface area (Å²) in [5.41, 5.74) is 5.49. The maximum Gasteiger partial charge on any atom is 0.0431 e. The van der Waals surface area contributed by atoms with Gasteiger partial charge in [0.15, 0.2) is 0 Å². The number of unbranched alkanes of at least 4 members (excludes halogenated alkanes) is 3. The molecule has 1 aliphatic rings. The molecule has 4 heteroatoms. The van der Waals surface area contributed by atoms with Crippen molar-refractivity contribution >= 4 is 0 Å². The highest BCUT2D eigenvalue weighted by Gasteiger charge is 2.15. The summed E-state index contributed by atoms with van der Waals surface area (Å²) >= 11 is 0. The molecule has 102 valence electrons. The lowest BCUT2D eigenvalue weighted by atomic mass is 10.2. The van der Waals surface area contributed by atoms with E-state index in [0.29, 0.717) is 6.61 Å². The monoisotopic (exact) mass is 243 g/mol. The van der Waals surface area contributed by atoms with Gasteiger partial charge >= 0.3 is 0 Å². The van der Waals surface area contributed by atoms with E-state index < -0.39 is 0 Å². The molecule has 0 bridgehead atoms. The van der Waals surface area contributed by atoms with E-state index in [1.165, 1.54) is 52.0 Å². The molecule has 0 aromatic carbocycles. The van der Waals surface area contributed by atoms with E-state index in [-0.39, 0.29) is 0 Å². The molecule has 4 nitrogen and oxygen atoms in total. The van der Waals surface area contributed by atoms with Gasteiger partial charge in [0.05, 0.1) is 0 Å². The third-order valence-electron chi connectivity index (χ3n) is 3.53. The van der Waals surface area contributed by atoms with E-state index in [4.69, 9.17) is 10.8 Å². The molecule has 0 aromatic heterocycles. The number of piperazine rings is 1. The molecule has 0 saturated carbocycles. The Kier molecular flexibility index (Phi) is 8.61. The van der Waals surface area contributed by atoms with Crippen molar-refractivity contribution in [2.75, 3.05) is 52.4 Å². The number of hydrogen-bond donors (Lipinski definition) is 2. The van der Waals surface area contributed by atoms with Crippen LogP contribution in [0, 0.1) is 0 Å². The largest absolute Gasteiger partial charge is 0.396 e. The fourth-order valence-electron chi connectivity index (χ4n) is 2.34. The Morgan fingerprint density at radius 1 is 0.765 bits per heavy atom. The van der Waals surface area contributed by atoms with E-state index in [9.17, 15) is 0 Å². The molecule has 0 atom stereocenters. The minimum atomic E-state index is 0.334. The molecule has 1 saturated heterocycles. The van der Waals surface area contributed by atoms with Gasteiger partial charge in [0.1, 0.15) is 0 Å². The van der Waals surface area contributed by atoms with Crippen LogP contribution in [0.5, 0.6) is 0 Å². The summed E-state index contributed by atoms with van der Waals surface area (Å²) in [6.07, 6.45) is 5.81. The summed E-state index contributed by atoms with van der Waals surface area (Å²) < 4.78 is 0. The number of nitrogens with zero attached hydrogens (tertiary/aromatic N) is 2. The second kappa shape index (κ2) is 9.83. The van der Waals surface area contributed by atoms with E-state index in [1.807, 2.05) is 0 Å². The average Bonchev–Trinajstić information content (AvgIpc) is 2.37. The number of aliphatic hydroxyl groups excluding tert-OH is 1. The van der Waals surface area contributed by atoms with Gasteiger partial charge in [-0.2, -0.15) is 0 Å². The van der Waals surface area contributed by atoms with Crippen LogP contribution in [-0.2, 0) is 0 Å². The van der Waals surface area contributed by atoms with Gasteiger partial charge in [-0.25, -0.2) is 0 Å². The lowest BCUT2D eigenvalue weighted by Crippen LogP contribution is -2.46. The Morgan fingerprint density at radius 2 is 1.29 bits per heavy atom. The first-order valence-electron chi connectivity index (χ1n) is 7.12. The fraction of sp³-hybridized carbons (Fsp3) is 1.00. The molecule has 1 heterocycles. The van der Waals surface area contributed by atoms with Crippen molar-refractivity contribution in [2.24, 2.45) is 5.73 Å². The van der Waals surface area contributed by atoms with Gasteiger partial charge in [0, 0.05) is 32.8 Å². The van der Waals surface area contributed by atoms with Crippen LogP contribution in [0.15, 0.2) is 0 Å². The quantitative estimate of drug-likeness (QED) is 0.579. The van der Waals surface area contributed by atoms with Crippen molar-refractivity contribution < 1.29 is 5.11 Å². The number of rotatable bonds is 9. The zero-order valence-electron chi connectivity index (χ0n) is 11.1. The second-order valence-electron chi connectivity index (χ2n) is 4.96. The molecular weight excluding hydrogens is 214 g/mol. The van der Waals surface area contributed by atoms with E-state index in [1.54, 1.807) is 0 Å². The highest BCUT2D eigenvalue weighted by molar-refractivity contribution is 4.71. The maximum absolute atomic E-state index is 8.74. The molecule has 0 aliphatic carbocycles. The molecule has 0 spiro atoms. The Hall–Kier alpha value is -0.160. The lowest BCUT2D eigenvalue weighted by molar-refractivity contribution is 0.127. The molecule has 17 heavy (non-hydrogen) atoms. The van der Waals surface area contributed by atoms with Gasteiger partial charge in [-0.1, -0.05) is 6.42 Å². The van der Waals surface area contributed by atoms with Crippen molar-refractivity contribution in [3.63, 3.8) is 0 Å². The van der Waals surface area contributed by atoms with E-state index in [2.05, 4.69) is 9.80 Å². The first-order valence-corrected chi connectivity index (χ1v) is 7.12. The minimum Gasteiger partial charge on any atom is -0.396 e. The second-order valence-corrected chi connectivity index (χ2v) is 4.96. The first kappa shape index (κ1) is 14.9. The molecule has 0 unspecified atom stereocenters. The predicted molar refractivity (Wildman–Crippen MR) is 72.1 cm³/mol. The third kappa shape index (κ3) is 6.99. The van der Waals surface area contributed by atoms with Crippen molar-refractivity contribution in [3.8, 4) is 0 Å². The molecule has 0 amide bonds. The average molecular weight is 243 g/mol. The fourth-order valence-corrected chi connectivity index (χ4v) is 2.34. The molecule has 1 fully saturated rings. The summed E-state index contributed by atoms with van der Waals surface area (Å²) in [6, 6.07) is 0. The number of hydrogen-bond acceptors (Lipinski definition) is 4. The van der Waals surface area contributed by atoms with Crippen molar-refractivity contribution in [2.45, 2.75) is 32.1 Å². The Balaban J connectivity index is 1.97. The molecule has 3 N–H and O–H groups in total. The number of aliphatic hydroxyl groups is 1. The van der Waals surface area contributed by atoms with Gasteiger partial charge in [0.2, 0.25) is 0 Å². The van der Waals surface area contributed by atoms with Crippen molar-refractivity contribution in [3.05, 3.63) is 0 Å². The molecule has 0 aromatic rings.